The van der Waals surface area contributed by atoms with E-state index in [0.717, 1.165) is 6.07 Å². The van der Waals surface area contributed by atoms with Crippen LogP contribution in [0.3, 0.4) is 0 Å². The van der Waals surface area contributed by atoms with E-state index >= 15 is 0 Å². The average Bonchev–Trinajstić information content (AvgIpc) is 2.11. The summed E-state index contributed by atoms with van der Waals surface area (Å²) in [5.74, 6) is -0.299. The number of methoxy groups -OCH3 is 1. The van der Waals surface area contributed by atoms with E-state index in [4.69, 9.17) is 21.4 Å². The van der Waals surface area contributed by atoms with Gasteiger partial charge in [0.1, 0.15) is 11.6 Å². The molecular weight excluding hydrogens is 197 g/mol. The molecule has 0 amide bonds. The monoisotopic (exact) mass is 203 g/mol. The quantitative estimate of drug-likeness (QED) is 0.755. The van der Waals surface area contributed by atoms with Crippen LogP contribution in [0.2, 0.25) is 5.02 Å². The van der Waals surface area contributed by atoms with Gasteiger partial charge in [0, 0.05) is 12.1 Å². The summed E-state index contributed by atoms with van der Waals surface area (Å²) >= 11 is 5.47. The highest BCUT2D eigenvalue weighted by atomic mass is 35.5. The number of ether oxygens (including phenoxy) is 1. The molecule has 0 atom stereocenters. The van der Waals surface area contributed by atoms with Gasteiger partial charge in [-0.3, -0.25) is 0 Å². The first-order valence-corrected chi connectivity index (χ1v) is 3.72. The van der Waals surface area contributed by atoms with Crippen LogP contribution in [0, 0.1) is 5.82 Å². The van der Waals surface area contributed by atoms with Crippen molar-refractivity contribution in [3.8, 4) is 11.5 Å². The van der Waals surface area contributed by atoms with Gasteiger partial charge in [-0.15, -0.1) is 0 Å². The molecule has 0 aliphatic rings. The molecule has 0 heterocycles. The van der Waals surface area contributed by atoms with E-state index in [0.29, 0.717) is 7.69 Å². The lowest BCUT2D eigenvalue weighted by Crippen LogP contribution is -2.02. The van der Waals surface area contributed by atoms with Crippen molar-refractivity contribution in [2.75, 3.05) is 7.11 Å². The number of halogens is 2. The molecule has 0 spiro atoms. The maximum absolute atomic E-state index is 12.8. The standard InChI is InChI=1S/C7H6BClFO3/c1-12-6-3-5(10)4(9)2-7(6)13-8-11/h2-3,11H,1H3. The zero-order valence-corrected chi connectivity index (χ0v) is 7.51. The maximum Gasteiger partial charge on any atom is 0.569 e. The van der Waals surface area contributed by atoms with Gasteiger partial charge in [0.05, 0.1) is 12.1 Å². The van der Waals surface area contributed by atoms with E-state index in [1.165, 1.54) is 13.2 Å². The molecule has 0 saturated heterocycles. The number of hydrogen-bond acceptors (Lipinski definition) is 3. The summed E-state index contributed by atoms with van der Waals surface area (Å²) < 4.78 is 22.2. The number of benzene rings is 1. The molecule has 0 unspecified atom stereocenters. The van der Waals surface area contributed by atoms with Crippen molar-refractivity contribution >= 4 is 19.3 Å². The van der Waals surface area contributed by atoms with Crippen LogP contribution in [-0.4, -0.2) is 19.8 Å². The van der Waals surface area contributed by atoms with Gasteiger partial charge in [-0.05, 0) is 0 Å². The molecule has 0 saturated carbocycles. The summed E-state index contributed by atoms with van der Waals surface area (Å²) in [5, 5.41) is 8.26. The molecule has 13 heavy (non-hydrogen) atoms. The van der Waals surface area contributed by atoms with Gasteiger partial charge in [-0.2, -0.15) is 0 Å². The Labute approximate surface area is 80.3 Å². The zero-order valence-electron chi connectivity index (χ0n) is 6.75. The van der Waals surface area contributed by atoms with Gasteiger partial charge < -0.3 is 14.4 Å². The predicted molar refractivity (Wildman–Crippen MR) is 46.6 cm³/mol. The van der Waals surface area contributed by atoms with Crippen LogP contribution >= 0.6 is 11.6 Å². The van der Waals surface area contributed by atoms with Gasteiger partial charge in [0.2, 0.25) is 0 Å². The second-order valence-electron chi connectivity index (χ2n) is 2.14. The van der Waals surface area contributed by atoms with Gasteiger partial charge in [0.25, 0.3) is 0 Å². The third kappa shape index (κ3) is 2.26. The van der Waals surface area contributed by atoms with Gasteiger partial charge in [-0.1, -0.05) is 11.6 Å². The summed E-state index contributed by atoms with van der Waals surface area (Å²) in [5.41, 5.74) is 0. The SMILES string of the molecule is COc1cc(F)c(Cl)cc1O[B]O. The lowest BCUT2D eigenvalue weighted by molar-refractivity contribution is 0.378. The molecule has 6 heteroatoms. The van der Waals surface area contributed by atoms with Crippen LogP contribution in [0.5, 0.6) is 11.5 Å². The van der Waals surface area contributed by atoms with Crippen LogP contribution in [-0.2, 0) is 0 Å². The number of hydrogen-bond donors (Lipinski definition) is 1. The van der Waals surface area contributed by atoms with Crippen LogP contribution < -0.4 is 9.39 Å². The molecule has 0 aromatic heterocycles. The lowest BCUT2D eigenvalue weighted by atomic mass is 10.3. The minimum atomic E-state index is -0.608. The minimum Gasteiger partial charge on any atom is -0.535 e. The van der Waals surface area contributed by atoms with Crippen LogP contribution in [0.1, 0.15) is 0 Å². The zero-order chi connectivity index (χ0) is 9.84. The predicted octanol–water partition coefficient (Wildman–Crippen LogP) is 1.39. The van der Waals surface area contributed by atoms with Crippen LogP contribution in [0.15, 0.2) is 12.1 Å². The Balaban J connectivity index is 3.09. The largest absolute Gasteiger partial charge is 0.569 e. The smallest absolute Gasteiger partial charge is 0.535 e. The highest BCUT2D eigenvalue weighted by Crippen LogP contribution is 2.31. The Hall–Kier alpha value is -0.935. The van der Waals surface area contributed by atoms with Crippen molar-refractivity contribution in [2.45, 2.75) is 0 Å². The van der Waals surface area contributed by atoms with E-state index in [-0.39, 0.29) is 16.5 Å². The Morgan fingerprint density at radius 2 is 2.15 bits per heavy atom. The third-order valence-corrected chi connectivity index (χ3v) is 1.68. The molecule has 0 aliphatic heterocycles. The van der Waals surface area contributed by atoms with E-state index in [1.54, 1.807) is 0 Å². The van der Waals surface area contributed by atoms with Crippen molar-refractivity contribution in [3.63, 3.8) is 0 Å². The molecule has 0 aliphatic carbocycles. The van der Waals surface area contributed by atoms with Gasteiger partial charge in [-0.25, -0.2) is 4.39 Å². The van der Waals surface area contributed by atoms with E-state index in [2.05, 4.69) is 4.65 Å². The first-order chi connectivity index (χ1) is 6.19. The first kappa shape index (κ1) is 10.1. The van der Waals surface area contributed by atoms with Crippen molar-refractivity contribution in [1.29, 1.82) is 0 Å². The van der Waals surface area contributed by atoms with Crippen molar-refractivity contribution in [2.24, 2.45) is 0 Å². The Kier molecular flexibility index (Phi) is 3.39. The molecule has 1 radical (unpaired) electrons. The Bertz CT molecular complexity index is 308. The van der Waals surface area contributed by atoms with E-state index < -0.39 is 5.82 Å². The van der Waals surface area contributed by atoms with Crippen molar-refractivity contribution in [1.82, 2.24) is 0 Å². The van der Waals surface area contributed by atoms with E-state index in [9.17, 15) is 4.39 Å². The molecule has 0 fully saturated rings. The van der Waals surface area contributed by atoms with E-state index in [1.807, 2.05) is 0 Å². The molecule has 0 bridgehead atoms. The average molecular weight is 203 g/mol. The van der Waals surface area contributed by atoms with Crippen molar-refractivity contribution < 1.29 is 18.8 Å². The molecule has 1 aromatic rings. The van der Waals surface area contributed by atoms with Gasteiger partial charge in [0.15, 0.2) is 5.75 Å². The second-order valence-corrected chi connectivity index (χ2v) is 2.55. The Morgan fingerprint density at radius 1 is 1.46 bits per heavy atom. The number of rotatable bonds is 3. The lowest BCUT2D eigenvalue weighted by Gasteiger charge is -2.08. The summed E-state index contributed by atoms with van der Waals surface area (Å²) in [6.45, 7) is 0. The fourth-order valence-electron chi connectivity index (χ4n) is 0.819. The molecule has 3 nitrogen and oxygen atoms in total. The highest BCUT2D eigenvalue weighted by Gasteiger charge is 2.10. The van der Waals surface area contributed by atoms with Crippen LogP contribution in [0.4, 0.5) is 4.39 Å². The van der Waals surface area contributed by atoms with Crippen molar-refractivity contribution in [3.05, 3.63) is 23.0 Å². The van der Waals surface area contributed by atoms with Crippen LogP contribution in [0.25, 0.3) is 0 Å². The summed E-state index contributed by atoms with van der Waals surface area (Å²) in [4.78, 5) is 0. The Morgan fingerprint density at radius 3 is 2.69 bits per heavy atom. The first-order valence-electron chi connectivity index (χ1n) is 3.34. The summed E-state index contributed by atoms with van der Waals surface area (Å²) in [7, 11) is 1.82. The fourth-order valence-corrected chi connectivity index (χ4v) is 0.972. The summed E-state index contributed by atoms with van der Waals surface area (Å²) in [6, 6.07) is 2.28. The molecular formula is C7H6BClFO3. The molecule has 1 rings (SSSR count). The normalized spacial score (nSPS) is 9.54. The minimum absolute atomic E-state index is 0.0994. The molecule has 1 N–H and O–H groups in total. The topological polar surface area (TPSA) is 38.7 Å². The molecule has 69 valence electrons. The fraction of sp³-hybridized carbons (Fsp3) is 0.143. The highest BCUT2D eigenvalue weighted by molar-refractivity contribution is 6.31. The maximum atomic E-state index is 12.8. The molecule has 1 aromatic carbocycles. The second kappa shape index (κ2) is 4.34. The summed E-state index contributed by atoms with van der Waals surface area (Å²) in [6.07, 6.45) is 0. The third-order valence-electron chi connectivity index (χ3n) is 1.39. The van der Waals surface area contributed by atoms with Gasteiger partial charge >= 0.3 is 7.69 Å².